The van der Waals surface area contributed by atoms with Crippen molar-refractivity contribution in [1.82, 2.24) is 5.32 Å². The van der Waals surface area contributed by atoms with Crippen LogP contribution < -0.4 is 10.2 Å². The maximum Gasteiger partial charge on any atom is 0.414 e. The number of rotatable bonds is 7. The smallest absolute Gasteiger partial charge is 0.414 e. The van der Waals surface area contributed by atoms with Crippen LogP contribution in [0.4, 0.5) is 10.5 Å². The third kappa shape index (κ3) is 3.70. The zero-order valence-electron chi connectivity index (χ0n) is 14.2. The zero-order valence-corrected chi connectivity index (χ0v) is 14.2. The number of anilines is 1. The molecule has 0 bridgehead atoms. The first kappa shape index (κ1) is 17.5. The van der Waals surface area contributed by atoms with Gasteiger partial charge in [-0.1, -0.05) is 18.7 Å². The van der Waals surface area contributed by atoms with Crippen molar-refractivity contribution in [1.29, 1.82) is 5.26 Å². The molecule has 7 nitrogen and oxygen atoms in total. The Morgan fingerprint density at radius 1 is 1.46 bits per heavy atom. The largest absolute Gasteiger partial charge is 0.473 e. The van der Waals surface area contributed by atoms with E-state index in [1.807, 2.05) is 24.3 Å². The SMILES string of the molecule is C=CO/C=C/C(=O)NCC1CN(c2ccc(C3(C#N)CC3)cc2)C(=O)O1. The van der Waals surface area contributed by atoms with Crippen LogP contribution in [0.2, 0.25) is 0 Å². The lowest BCUT2D eigenvalue weighted by Gasteiger charge is -2.14. The molecule has 0 aromatic heterocycles. The maximum absolute atomic E-state index is 12.1. The molecule has 2 aliphatic rings. The van der Waals surface area contributed by atoms with Crippen molar-refractivity contribution in [2.24, 2.45) is 0 Å². The molecule has 7 heteroatoms. The number of carbonyl (C=O) groups is 2. The number of carbonyl (C=O) groups excluding carboxylic acids is 2. The average molecular weight is 353 g/mol. The molecule has 3 rings (SSSR count). The van der Waals surface area contributed by atoms with E-state index in [0.29, 0.717) is 12.2 Å². The van der Waals surface area contributed by atoms with Gasteiger partial charge in [-0.05, 0) is 30.5 Å². The molecule has 1 aromatic carbocycles. The number of nitriles is 1. The molecular weight excluding hydrogens is 334 g/mol. The Morgan fingerprint density at radius 2 is 2.19 bits per heavy atom. The Bertz CT molecular complexity index is 775. The summed E-state index contributed by atoms with van der Waals surface area (Å²) in [5.41, 5.74) is 1.34. The summed E-state index contributed by atoms with van der Waals surface area (Å²) >= 11 is 0. The summed E-state index contributed by atoms with van der Waals surface area (Å²) in [7, 11) is 0. The monoisotopic (exact) mass is 353 g/mol. The minimum Gasteiger partial charge on any atom is -0.473 e. The van der Waals surface area contributed by atoms with E-state index in [1.165, 1.54) is 23.5 Å². The van der Waals surface area contributed by atoms with Gasteiger partial charge in [0, 0.05) is 11.8 Å². The Hall–Kier alpha value is -3.27. The molecule has 1 unspecified atom stereocenters. The Balaban J connectivity index is 1.55. The molecule has 1 atom stereocenters. The first-order valence-corrected chi connectivity index (χ1v) is 8.29. The van der Waals surface area contributed by atoms with Gasteiger partial charge in [0.1, 0.15) is 6.10 Å². The van der Waals surface area contributed by atoms with Gasteiger partial charge in [0.25, 0.3) is 0 Å². The van der Waals surface area contributed by atoms with Gasteiger partial charge in [-0.15, -0.1) is 0 Å². The molecule has 2 amide bonds. The number of benzene rings is 1. The fourth-order valence-electron chi connectivity index (χ4n) is 2.82. The van der Waals surface area contributed by atoms with Crippen molar-refractivity contribution >= 4 is 17.7 Å². The molecule has 26 heavy (non-hydrogen) atoms. The van der Waals surface area contributed by atoms with Gasteiger partial charge >= 0.3 is 6.09 Å². The van der Waals surface area contributed by atoms with Crippen molar-refractivity contribution in [3.63, 3.8) is 0 Å². The average Bonchev–Trinajstić information content (AvgIpc) is 3.37. The van der Waals surface area contributed by atoms with Crippen molar-refractivity contribution in [3.05, 3.63) is 55.0 Å². The molecule has 2 fully saturated rings. The molecule has 1 aromatic rings. The Morgan fingerprint density at radius 3 is 2.81 bits per heavy atom. The fourth-order valence-corrected chi connectivity index (χ4v) is 2.82. The zero-order chi connectivity index (χ0) is 18.6. The minimum absolute atomic E-state index is 0.204. The molecule has 1 N–H and O–H groups in total. The molecule has 1 aliphatic heterocycles. The molecule has 0 spiro atoms. The molecule has 1 saturated heterocycles. The summed E-state index contributed by atoms with van der Waals surface area (Å²) < 4.78 is 10.0. The molecule has 1 aliphatic carbocycles. The van der Waals surface area contributed by atoms with Crippen molar-refractivity contribution < 1.29 is 19.1 Å². The summed E-state index contributed by atoms with van der Waals surface area (Å²) in [6.45, 7) is 3.90. The minimum atomic E-state index is -0.455. The van der Waals surface area contributed by atoms with Crippen LogP contribution >= 0.6 is 0 Å². The maximum atomic E-state index is 12.1. The second-order valence-electron chi connectivity index (χ2n) is 6.21. The highest BCUT2D eigenvalue weighted by Gasteiger charge is 2.44. The van der Waals surface area contributed by atoms with Gasteiger partial charge in [0.05, 0.1) is 37.1 Å². The number of hydrogen-bond acceptors (Lipinski definition) is 5. The first-order valence-electron chi connectivity index (χ1n) is 8.29. The summed E-state index contributed by atoms with van der Waals surface area (Å²) in [5, 5.41) is 11.9. The number of amides is 2. The summed E-state index contributed by atoms with van der Waals surface area (Å²) in [4.78, 5) is 25.2. The van der Waals surface area contributed by atoms with Gasteiger partial charge < -0.3 is 14.8 Å². The quantitative estimate of drug-likeness (QED) is 0.600. The first-order chi connectivity index (χ1) is 12.6. The number of nitrogens with one attached hydrogen (secondary N) is 1. The predicted octanol–water partition coefficient (Wildman–Crippen LogP) is 2.36. The van der Waals surface area contributed by atoms with Crippen LogP contribution in [0.15, 0.2) is 49.4 Å². The van der Waals surface area contributed by atoms with Crippen LogP contribution in [-0.4, -0.2) is 31.2 Å². The molecule has 1 heterocycles. The van der Waals surface area contributed by atoms with E-state index in [9.17, 15) is 14.9 Å². The van der Waals surface area contributed by atoms with Crippen molar-refractivity contribution in [3.8, 4) is 6.07 Å². The van der Waals surface area contributed by atoms with Crippen molar-refractivity contribution in [2.75, 3.05) is 18.0 Å². The fraction of sp³-hybridized carbons (Fsp3) is 0.316. The van der Waals surface area contributed by atoms with Gasteiger partial charge in [-0.2, -0.15) is 5.26 Å². The third-order valence-corrected chi connectivity index (χ3v) is 4.47. The highest BCUT2D eigenvalue weighted by molar-refractivity contribution is 5.90. The molecular formula is C19H19N3O4. The topological polar surface area (TPSA) is 91.7 Å². The van der Waals surface area contributed by atoms with Crippen LogP contribution in [0.25, 0.3) is 0 Å². The summed E-state index contributed by atoms with van der Waals surface area (Å²) in [6.07, 6.45) is 4.50. The highest BCUT2D eigenvalue weighted by Crippen LogP contribution is 2.47. The molecule has 134 valence electrons. The predicted molar refractivity (Wildman–Crippen MR) is 94.0 cm³/mol. The van der Waals surface area contributed by atoms with Crippen LogP contribution in [0.1, 0.15) is 18.4 Å². The number of hydrogen-bond donors (Lipinski definition) is 1. The second kappa shape index (κ2) is 7.31. The number of cyclic esters (lactones) is 1. The highest BCUT2D eigenvalue weighted by atomic mass is 16.6. The summed E-state index contributed by atoms with van der Waals surface area (Å²) in [6, 6.07) is 9.78. The summed E-state index contributed by atoms with van der Waals surface area (Å²) in [5.74, 6) is -0.350. The van der Waals surface area contributed by atoms with Crippen LogP contribution in [0.3, 0.4) is 0 Å². The second-order valence-corrected chi connectivity index (χ2v) is 6.21. The van der Waals surface area contributed by atoms with Crippen molar-refractivity contribution in [2.45, 2.75) is 24.4 Å². The van der Waals surface area contributed by atoms with Gasteiger partial charge in [-0.3, -0.25) is 9.69 Å². The number of ether oxygens (including phenoxy) is 2. The van der Waals surface area contributed by atoms with Gasteiger partial charge in [0.15, 0.2) is 0 Å². The van der Waals surface area contributed by atoms with E-state index in [2.05, 4.69) is 18.0 Å². The van der Waals surface area contributed by atoms with Crippen LogP contribution in [0.5, 0.6) is 0 Å². The van der Waals surface area contributed by atoms with E-state index < -0.39 is 12.2 Å². The van der Waals surface area contributed by atoms with E-state index in [4.69, 9.17) is 9.47 Å². The van der Waals surface area contributed by atoms with E-state index in [1.54, 1.807) is 0 Å². The van der Waals surface area contributed by atoms with Gasteiger partial charge in [0.2, 0.25) is 5.91 Å². The van der Waals surface area contributed by atoms with E-state index in [0.717, 1.165) is 18.4 Å². The number of nitrogens with zero attached hydrogens (tertiary/aromatic N) is 2. The normalized spacial score (nSPS) is 20.3. The Kier molecular flexibility index (Phi) is 4.94. The van der Waals surface area contributed by atoms with Gasteiger partial charge in [-0.25, -0.2) is 4.79 Å². The van der Waals surface area contributed by atoms with E-state index >= 15 is 0 Å². The standard InChI is InChI=1S/C19H19N3O4/c1-2-25-10-7-17(23)21-11-16-12-22(18(24)26-16)15-5-3-14(4-6-15)19(13-20)8-9-19/h2-7,10,16H,1,8-9,11-12H2,(H,21,23)/b10-7+. The van der Waals surface area contributed by atoms with E-state index in [-0.39, 0.29) is 17.9 Å². The third-order valence-electron chi connectivity index (χ3n) is 4.47. The lowest BCUT2D eigenvalue weighted by Crippen LogP contribution is -2.33. The molecule has 1 saturated carbocycles. The Labute approximate surface area is 151 Å². The van der Waals surface area contributed by atoms with Crippen LogP contribution in [0, 0.1) is 11.3 Å². The lowest BCUT2D eigenvalue weighted by molar-refractivity contribution is -0.116. The van der Waals surface area contributed by atoms with Crippen LogP contribution in [-0.2, 0) is 19.7 Å². The molecule has 0 radical (unpaired) electrons. The lowest BCUT2D eigenvalue weighted by atomic mass is 9.97.